The molecule has 0 fully saturated rings. The number of aryl methyl sites for hydroxylation is 1. The molecular formula is C8H5F5. The van der Waals surface area contributed by atoms with Crippen LogP contribution >= 0.6 is 0 Å². The topological polar surface area (TPSA) is 0 Å². The second-order valence-electron chi connectivity index (χ2n) is 2.55. The summed E-state index contributed by atoms with van der Waals surface area (Å²) in [7, 11) is 0. The van der Waals surface area contributed by atoms with E-state index in [-0.39, 0.29) is 5.56 Å². The predicted molar refractivity (Wildman–Crippen MR) is 36.1 cm³/mol. The molecular weight excluding hydrogens is 191 g/mol. The van der Waals surface area contributed by atoms with Gasteiger partial charge in [-0.3, -0.25) is 0 Å². The van der Waals surface area contributed by atoms with Gasteiger partial charge in [0.25, 0.3) is 0 Å². The van der Waals surface area contributed by atoms with Gasteiger partial charge in [0.1, 0.15) is 0 Å². The molecule has 0 nitrogen and oxygen atoms in total. The van der Waals surface area contributed by atoms with Crippen molar-refractivity contribution in [2.24, 2.45) is 0 Å². The van der Waals surface area contributed by atoms with E-state index in [1.54, 1.807) is 0 Å². The van der Waals surface area contributed by atoms with Gasteiger partial charge in [-0.15, -0.1) is 0 Å². The summed E-state index contributed by atoms with van der Waals surface area (Å²) < 4.78 is 61.3. The highest BCUT2D eigenvalue weighted by Crippen LogP contribution is 2.34. The summed E-state index contributed by atoms with van der Waals surface area (Å²) in [6.45, 7) is 1.07. The molecule has 0 N–H and O–H groups in total. The fourth-order valence-electron chi connectivity index (χ4n) is 0.995. The lowest BCUT2D eigenvalue weighted by Crippen LogP contribution is -2.11. The van der Waals surface area contributed by atoms with Crippen molar-refractivity contribution in [2.45, 2.75) is 13.1 Å². The molecule has 0 aliphatic heterocycles. The maximum atomic E-state index is 12.7. The third-order valence-corrected chi connectivity index (χ3v) is 1.59. The molecule has 0 spiro atoms. The standard InChI is InChI=1S/C8H5F5/c1-4-2-3-5(9)7(10)6(4)8(11,12)13/h2-3H,1H3. The average Bonchev–Trinajstić information content (AvgIpc) is 1.95. The van der Waals surface area contributed by atoms with E-state index in [4.69, 9.17) is 0 Å². The molecule has 0 radical (unpaired) electrons. The lowest BCUT2D eigenvalue weighted by Gasteiger charge is -2.10. The minimum Gasteiger partial charge on any atom is -0.204 e. The van der Waals surface area contributed by atoms with Gasteiger partial charge in [-0.25, -0.2) is 8.78 Å². The largest absolute Gasteiger partial charge is 0.419 e. The maximum Gasteiger partial charge on any atom is 0.419 e. The lowest BCUT2D eigenvalue weighted by atomic mass is 10.1. The molecule has 0 bridgehead atoms. The van der Waals surface area contributed by atoms with E-state index in [9.17, 15) is 22.0 Å². The smallest absolute Gasteiger partial charge is 0.204 e. The zero-order valence-electron chi connectivity index (χ0n) is 6.54. The number of benzene rings is 1. The van der Waals surface area contributed by atoms with Crippen LogP contribution in [0.4, 0.5) is 22.0 Å². The zero-order valence-corrected chi connectivity index (χ0v) is 6.54. The minimum atomic E-state index is -4.85. The van der Waals surface area contributed by atoms with Gasteiger partial charge in [-0.2, -0.15) is 13.2 Å². The van der Waals surface area contributed by atoms with Crippen molar-refractivity contribution in [1.29, 1.82) is 0 Å². The number of rotatable bonds is 0. The summed E-state index contributed by atoms with van der Waals surface area (Å²) in [6, 6.07) is 1.56. The minimum absolute atomic E-state index is 0.327. The molecule has 0 saturated heterocycles. The molecule has 0 heterocycles. The summed E-state index contributed by atoms with van der Waals surface area (Å²) in [6.07, 6.45) is -4.85. The van der Waals surface area contributed by atoms with Crippen molar-refractivity contribution in [2.75, 3.05) is 0 Å². The molecule has 0 aromatic heterocycles. The third-order valence-electron chi connectivity index (χ3n) is 1.59. The van der Waals surface area contributed by atoms with Gasteiger partial charge in [0.2, 0.25) is 0 Å². The van der Waals surface area contributed by atoms with Gasteiger partial charge in [-0.1, -0.05) is 6.07 Å². The number of hydrogen-bond donors (Lipinski definition) is 0. The molecule has 0 atom stereocenters. The van der Waals surface area contributed by atoms with Crippen LogP contribution in [0.1, 0.15) is 11.1 Å². The van der Waals surface area contributed by atoms with Crippen molar-refractivity contribution in [1.82, 2.24) is 0 Å². The molecule has 1 aromatic rings. The predicted octanol–water partition coefficient (Wildman–Crippen LogP) is 3.29. The van der Waals surface area contributed by atoms with E-state index in [0.717, 1.165) is 13.0 Å². The van der Waals surface area contributed by atoms with Crippen molar-refractivity contribution < 1.29 is 22.0 Å². The fourth-order valence-corrected chi connectivity index (χ4v) is 0.995. The normalized spacial score (nSPS) is 11.8. The van der Waals surface area contributed by atoms with Crippen LogP contribution < -0.4 is 0 Å². The summed E-state index contributed by atoms with van der Waals surface area (Å²) in [5.74, 6) is -3.33. The molecule has 72 valence electrons. The van der Waals surface area contributed by atoms with Crippen LogP contribution in [-0.4, -0.2) is 0 Å². The van der Waals surface area contributed by atoms with Gasteiger partial charge >= 0.3 is 6.18 Å². The first-order valence-electron chi connectivity index (χ1n) is 3.36. The number of alkyl halides is 3. The van der Waals surface area contributed by atoms with Gasteiger partial charge < -0.3 is 0 Å². The molecule has 0 aliphatic rings. The Labute approximate surface area is 71.0 Å². The second kappa shape index (κ2) is 2.97. The van der Waals surface area contributed by atoms with Crippen LogP contribution in [0, 0.1) is 18.6 Å². The Balaban J connectivity index is 3.43. The van der Waals surface area contributed by atoms with E-state index in [1.807, 2.05) is 0 Å². The highest BCUT2D eigenvalue weighted by molar-refractivity contribution is 5.30. The summed E-state index contributed by atoms with van der Waals surface area (Å²) >= 11 is 0. The molecule has 1 aromatic carbocycles. The number of hydrogen-bond acceptors (Lipinski definition) is 0. The molecule has 0 amide bonds. The van der Waals surface area contributed by atoms with Gasteiger partial charge in [-0.05, 0) is 18.6 Å². The maximum absolute atomic E-state index is 12.7. The highest BCUT2D eigenvalue weighted by atomic mass is 19.4. The first kappa shape index (κ1) is 9.95. The Morgan fingerprint density at radius 3 is 2.00 bits per heavy atom. The Kier molecular flexibility index (Phi) is 2.28. The number of halogens is 5. The van der Waals surface area contributed by atoms with Crippen molar-refractivity contribution in [3.8, 4) is 0 Å². The first-order valence-corrected chi connectivity index (χ1v) is 3.36. The monoisotopic (exact) mass is 196 g/mol. The molecule has 5 heteroatoms. The van der Waals surface area contributed by atoms with Crippen molar-refractivity contribution in [3.63, 3.8) is 0 Å². The SMILES string of the molecule is Cc1ccc(F)c(F)c1C(F)(F)F. The molecule has 1 rings (SSSR count). The summed E-state index contributed by atoms with van der Waals surface area (Å²) in [5.41, 5.74) is -1.86. The van der Waals surface area contributed by atoms with Crippen molar-refractivity contribution in [3.05, 3.63) is 34.9 Å². The van der Waals surface area contributed by atoms with Crippen LogP contribution in [0.15, 0.2) is 12.1 Å². The second-order valence-corrected chi connectivity index (χ2v) is 2.55. The molecule has 0 saturated carbocycles. The van der Waals surface area contributed by atoms with Crippen LogP contribution in [0.25, 0.3) is 0 Å². The first-order chi connectivity index (χ1) is 5.84. The van der Waals surface area contributed by atoms with Crippen LogP contribution in [0.2, 0.25) is 0 Å². The average molecular weight is 196 g/mol. The lowest BCUT2D eigenvalue weighted by molar-refractivity contribution is -0.140. The van der Waals surface area contributed by atoms with E-state index >= 15 is 0 Å². The van der Waals surface area contributed by atoms with Crippen LogP contribution in [0.5, 0.6) is 0 Å². The van der Waals surface area contributed by atoms with Crippen LogP contribution in [-0.2, 0) is 6.18 Å². The highest BCUT2D eigenvalue weighted by Gasteiger charge is 2.36. The molecule has 0 unspecified atom stereocenters. The van der Waals surface area contributed by atoms with E-state index in [0.29, 0.717) is 6.07 Å². The van der Waals surface area contributed by atoms with Crippen molar-refractivity contribution >= 4 is 0 Å². The van der Waals surface area contributed by atoms with Gasteiger partial charge in [0.05, 0.1) is 5.56 Å². The van der Waals surface area contributed by atoms with Crippen LogP contribution in [0.3, 0.4) is 0 Å². The molecule has 0 aliphatic carbocycles. The van der Waals surface area contributed by atoms with E-state index in [1.165, 1.54) is 0 Å². The van der Waals surface area contributed by atoms with Gasteiger partial charge in [0.15, 0.2) is 11.6 Å². The zero-order chi connectivity index (χ0) is 10.2. The van der Waals surface area contributed by atoms with E-state index < -0.39 is 23.4 Å². The Morgan fingerprint density at radius 1 is 1.08 bits per heavy atom. The quantitative estimate of drug-likeness (QED) is 0.558. The molecule has 13 heavy (non-hydrogen) atoms. The Hall–Kier alpha value is -1.13. The van der Waals surface area contributed by atoms with E-state index in [2.05, 4.69) is 0 Å². The fraction of sp³-hybridized carbons (Fsp3) is 0.250. The summed E-state index contributed by atoms with van der Waals surface area (Å²) in [5, 5.41) is 0. The van der Waals surface area contributed by atoms with Gasteiger partial charge in [0, 0.05) is 0 Å². The Bertz CT molecular complexity index is 326. The third kappa shape index (κ3) is 1.79. The Morgan fingerprint density at radius 2 is 1.62 bits per heavy atom. The summed E-state index contributed by atoms with van der Waals surface area (Å²) in [4.78, 5) is 0.